The molecule has 12 N–H and O–H groups in total. The molecule has 0 radical (unpaired) electrons. The van der Waals surface area contributed by atoms with E-state index in [1.54, 1.807) is 6.08 Å². The van der Waals surface area contributed by atoms with Crippen LogP contribution in [0.3, 0.4) is 0 Å². The fraction of sp³-hybridized carbons (Fsp3) is 0.792. The highest BCUT2D eigenvalue weighted by atomic mass is 16.8. The summed E-state index contributed by atoms with van der Waals surface area (Å²) in [6, 6.07) is -0.988. The maximum absolute atomic E-state index is 13.4. The second-order valence-corrected chi connectivity index (χ2v) is 25.0. The van der Waals surface area contributed by atoms with Crippen molar-refractivity contribution in [1.29, 1.82) is 0 Å². The molecular weight excluding hydrogens is 1170 g/mol. The van der Waals surface area contributed by atoms with Gasteiger partial charge in [-0.2, -0.15) is 0 Å². The van der Waals surface area contributed by atoms with Crippen molar-refractivity contribution in [2.75, 3.05) is 26.4 Å². The number of unbranched alkanes of at least 4 members (excludes halogenated alkanes) is 25. The van der Waals surface area contributed by atoms with Crippen LogP contribution in [-0.4, -0.2) is 193 Å². The average molecular weight is 1290 g/mol. The molecule has 0 aliphatic carbocycles. The maximum Gasteiger partial charge on any atom is 0.220 e. The standard InChI is InChI=1S/C72H125NO18/c1-3-5-7-9-11-13-15-17-19-21-23-25-26-27-28-30-32-34-36-38-40-42-44-46-48-50-60(78)73-55(56(77)49-47-45-43-41-39-37-35-33-31-29-24-22-20-18-16-14-12-10-8-6-4-2)54-86-70-66(84)63(81)68(58(52-75)88-70)91-72-67(85)64(82)69(59(53-76)89-72)90-71-65(83)62(80)61(79)57(51-74)87-71/h5,7,11,13,17,19,23,25,27-28,32,34,47,49,55-59,61-72,74-77,79-85H,3-4,6,8-10,12,14-16,18,20-22,24,26,29-31,33,35-46,48,50-54H2,1-2H3,(H,73,78)/b7-5-,13-11-,19-17-,25-23-,28-27-,34-32-,49-47+. The first kappa shape index (κ1) is 82.2. The molecule has 19 nitrogen and oxygen atoms in total. The zero-order valence-corrected chi connectivity index (χ0v) is 55.5. The summed E-state index contributed by atoms with van der Waals surface area (Å²) < 4.78 is 34.4. The molecule has 19 heteroatoms. The van der Waals surface area contributed by atoms with Crippen molar-refractivity contribution in [2.45, 2.75) is 336 Å². The van der Waals surface area contributed by atoms with Crippen LogP contribution in [0.5, 0.6) is 0 Å². The van der Waals surface area contributed by atoms with E-state index >= 15 is 0 Å². The first-order valence-electron chi connectivity index (χ1n) is 35.3. The van der Waals surface area contributed by atoms with Gasteiger partial charge >= 0.3 is 0 Å². The number of hydrogen-bond acceptors (Lipinski definition) is 18. The lowest BCUT2D eigenvalue weighted by molar-refractivity contribution is -0.379. The van der Waals surface area contributed by atoms with Crippen LogP contribution in [0.15, 0.2) is 85.1 Å². The van der Waals surface area contributed by atoms with Crippen LogP contribution < -0.4 is 5.32 Å². The van der Waals surface area contributed by atoms with Gasteiger partial charge in [-0.25, -0.2) is 0 Å². The number of amides is 1. The van der Waals surface area contributed by atoms with Gasteiger partial charge in [-0.05, 0) is 70.6 Å². The van der Waals surface area contributed by atoms with E-state index in [4.69, 9.17) is 28.4 Å². The van der Waals surface area contributed by atoms with E-state index in [-0.39, 0.29) is 18.9 Å². The van der Waals surface area contributed by atoms with Crippen LogP contribution in [0.4, 0.5) is 0 Å². The van der Waals surface area contributed by atoms with Gasteiger partial charge in [0.05, 0.1) is 38.6 Å². The van der Waals surface area contributed by atoms with E-state index in [0.29, 0.717) is 6.42 Å². The number of aliphatic hydroxyl groups is 11. The Morgan fingerprint density at radius 3 is 1.19 bits per heavy atom. The molecule has 3 fully saturated rings. The van der Waals surface area contributed by atoms with Gasteiger partial charge < -0.3 is 89.9 Å². The minimum Gasteiger partial charge on any atom is -0.394 e. The van der Waals surface area contributed by atoms with E-state index in [1.807, 2.05) is 6.08 Å². The number of rotatable bonds is 53. The Hall–Kier alpha value is -3.03. The summed E-state index contributed by atoms with van der Waals surface area (Å²) in [6.07, 6.45) is 41.1. The summed E-state index contributed by atoms with van der Waals surface area (Å²) in [5.41, 5.74) is 0. The minimum atomic E-state index is -1.98. The molecule has 0 aromatic rings. The quantitative estimate of drug-likeness (QED) is 0.0199. The number of carbonyl (C=O) groups excluding carboxylic acids is 1. The van der Waals surface area contributed by atoms with Crippen molar-refractivity contribution in [3.63, 3.8) is 0 Å². The van der Waals surface area contributed by atoms with Crippen LogP contribution in [0.2, 0.25) is 0 Å². The Morgan fingerprint density at radius 2 is 0.758 bits per heavy atom. The monoisotopic (exact) mass is 1290 g/mol. The van der Waals surface area contributed by atoms with Gasteiger partial charge in [-0.15, -0.1) is 0 Å². The molecule has 0 aromatic heterocycles. The van der Waals surface area contributed by atoms with Gasteiger partial charge in [0.2, 0.25) is 5.91 Å². The molecule has 1 amide bonds. The average Bonchev–Trinajstić information content (AvgIpc) is 0.883. The molecule has 0 spiro atoms. The fourth-order valence-electron chi connectivity index (χ4n) is 11.5. The van der Waals surface area contributed by atoms with E-state index in [9.17, 15) is 61.0 Å². The Kier molecular flexibility index (Phi) is 48.0. The van der Waals surface area contributed by atoms with Crippen molar-refractivity contribution in [1.82, 2.24) is 5.32 Å². The molecule has 0 aromatic carbocycles. The molecule has 3 saturated heterocycles. The first-order valence-corrected chi connectivity index (χ1v) is 35.3. The summed E-state index contributed by atoms with van der Waals surface area (Å²) in [7, 11) is 0. The van der Waals surface area contributed by atoms with Crippen molar-refractivity contribution >= 4 is 5.91 Å². The topological polar surface area (TPSA) is 307 Å². The minimum absolute atomic E-state index is 0.221. The lowest BCUT2D eigenvalue weighted by Gasteiger charge is -2.48. The zero-order valence-electron chi connectivity index (χ0n) is 55.5. The highest BCUT2D eigenvalue weighted by molar-refractivity contribution is 5.76. The van der Waals surface area contributed by atoms with Crippen LogP contribution in [0.1, 0.15) is 232 Å². The Labute approximate surface area is 546 Å². The van der Waals surface area contributed by atoms with Crippen molar-refractivity contribution in [3.8, 4) is 0 Å². The van der Waals surface area contributed by atoms with Gasteiger partial charge in [0, 0.05) is 6.42 Å². The highest BCUT2D eigenvalue weighted by Gasteiger charge is 2.53. The molecule has 0 saturated carbocycles. The molecule has 3 heterocycles. The van der Waals surface area contributed by atoms with Crippen LogP contribution in [0, 0.1) is 0 Å². The lowest BCUT2D eigenvalue weighted by atomic mass is 9.96. The van der Waals surface area contributed by atoms with Crippen LogP contribution >= 0.6 is 0 Å². The normalized spacial score (nSPS) is 28.4. The van der Waals surface area contributed by atoms with Gasteiger partial charge in [0.25, 0.3) is 0 Å². The molecule has 3 aliphatic heterocycles. The van der Waals surface area contributed by atoms with E-state index < -0.39 is 124 Å². The number of hydrogen-bond donors (Lipinski definition) is 12. The van der Waals surface area contributed by atoms with Crippen molar-refractivity contribution in [3.05, 3.63) is 85.1 Å². The van der Waals surface area contributed by atoms with Gasteiger partial charge in [-0.3, -0.25) is 4.79 Å². The largest absolute Gasteiger partial charge is 0.394 e. The predicted octanol–water partition coefficient (Wildman–Crippen LogP) is 9.49. The molecule has 91 heavy (non-hydrogen) atoms. The number of nitrogens with one attached hydrogen (secondary N) is 1. The number of allylic oxidation sites excluding steroid dienone is 13. The summed E-state index contributed by atoms with van der Waals surface area (Å²) in [4.78, 5) is 13.4. The molecule has 526 valence electrons. The van der Waals surface area contributed by atoms with Gasteiger partial charge in [-0.1, -0.05) is 240 Å². The smallest absolute Gasteiger partial charge is 0.220 e. The summed E-state index contributed by atoms with van der Waals surface area (Å²) in [5, 5.41) is 121. The number of carbonyl (C=O) groups is 1. The summed E-state index contributed by atoms with van der Waals surface area (Å²) in [5.74, 6) is -0.292. The highest BCUT2D eigenvalue weighted by Crippen LogP contribution is 2.33. The molecule has 17 unspecified atom stereocenters. The second kappa shape index (κ2) is 53.2. The van der Waals surface area contributed by atoms with Crippen molar-refractivity contribution < 1.29 is 89.4 Å². The Balaban J connectivity index is 1.45. The lowest BCUT2D eigenvalue weighted by Crippen LogP contribution is -2.66. The van der Waals surface area contributed by atoms with E-state index in [2.05, 4.69) is 92.1 Å². The Bertz CT molecular complexity index is 1980. The molecule has 3 aliphatic rings. The molecule has 17 atom stereocenters. The summed E-state index contributed by atoms with van der Waals surface area (Å²) >= 11 is 0. The Morgan fingerprint density at radius 1 is 0.407 bits per heavy atom. The zero-order chi connectivity index (χ0) is 66.1. The van der Waals surface area contributed by atoms with E-state index in [1.165, 1.54) is 103 Å². The second-order valence-electron chi connectivity index (χ2n) is 25.0. The van der Waals surface area contributed by atoms with Crippen LogP contribution in [0.25, 0.3) is 0 Å². The van der Waals surface area contributed by atoms with Gasteiger partial charge in [0.15, 0.2) is 18.9 Å². The molecule has 3 rings (SSSR count). The molecule has 0 bridgehead atoms. The van der Waals surface area contributed by atoms with E-state index in [0.717, 1.165) is 103 Å². The van der Waals surface area contributed by atoms with Crippen LogP contribution in [-0.2, 0) is 33.2 Å². The maximum atomic E-state index is 13.4. The first-order chi connectivity index (χ1) is 44.3. The third-order valence-corrected chi connectivity index (χ3v) is 17.2. The number of ether oxygens (including phenoxy) is 6. The SMILES string of the molecule is CC/C=C\C/C=C\C/C=C\C/C=C\C/C=C\C/C=C\CCCCCCCCC(=O)NC(COC1OC(CO)C(OC2OC(CO)C(OC3OC(CO)C(O)C(O)C3O)C(O)C2O)C(O)C1O)C(O)/C=C/CCCCCCCCCCCCCCCCCCCCC. The predicted molar refractivity (Wildman–Crippen MR) is 355 cm³/mol. The third kappa shape index (κ3) is 35.0. The number of aliphatic hydroxyl groups excluding tert-OH is 11. The third-order valence-electron chi connectivity index (χ3n) is 17.2. The van der Waals surface area contributed by atoms with Gasteiger partial charge in [0.1, 0.15) is 73.2 Å². The fourth-order valence-corrected chi connectivity index (χ4v) is 11.5. The summed E-state index contributed by atoms with van der Waals surface area (Å²) in [6.45, 7) is 1.61. The van der Waals surface area contributed by atoms with Crippen molar-refractivity contribution in [2.24, 2.45) is 0 Å². The molecular formula is C72H125NO18.